The minimum absolute atomic E-state index is 0.124. The summed E-state index contributed by atoms with van der Waals surface area (Å²) in [6.45, 7) is 1.91. The molecule has 1 amide bonds. The number of aromatic nitrogens is 3. The molecule has 5 rings (SSSR count). The number of aryl methyl sites for hydroxylation is 1. The minimum atomic E-state index is -0.428. The van der Waals surface area contributed by atoms with Gasteiger partial charge in [-0.3, -0.25) is 4.79 Å². The van der Waals surface area contributed by atoms with E-state index >= 15 is 0 Å². The van der Waals surface area contributed by atoms with Crippen molar-refractivity contribution in [1.29, 1.82) is 0 Å². The van der Waals surface area contributed by atoms with Gasteiger partial charge >= 0.3 is 0 Å². The zero-order valence-corrected chi connectivity index (χ0v) is 18.7. The van der Waals surface area contributed by atoms with Crippen LogP contribution in [-0.4, -0.2) is 20.4 Å². The number of nitrogens with one attached hydrogen (secondary N) is 1. The number of halogens is 2. The Bertz CT molecular complexity index is 1520. The van der Waals surface area contributed by atoms with Crippen molar-refractivity contribution in [2.24, 2.45) is 0 Å². The predicted octanol–water partition coefficient (Wildman–Crippen LogP) is 5.71. The van der Waals surface area contributed by atoms with Gasteiger partial charge in [-0.25, -0.2) is 18.7 Å². The number of imidazole rings is 1. The maximum absolute atomic E-state index is 14.7. The van der Waals surface area contributed by atoms with Crippen LogP contribution >= 0.6 is 0 Å². The van der Waals surface area contributed by atoms with E-state index in [4.69, 9.17) is 4.42 Å². The third-order valence-corrected chi connectivity index (χ3v) is 5.60. The Hall–Kier alpha value is -4.59. The molecular formula is C27H20F2N4O2. The molecule has 0 aliphatic carbocycles. The van der Waals surface area contributed by atoms with Crippen molar-refractivity contribution < 1.29 is 18.0 Å². The van der Waals surface area contributed by atoms with E-state index < -0.39 is 11.6 Å². The highest BCUT2D eigenvalue weighted by atomic mass is 19.1. The highest BCUT2D eigenvalue weighted by Crippen LogP contribution is 2.29. The summed E-state index contributed by atoms with van der Waals surface area (Å²) in [5.41, 5.74) is 2.07. The predicted molar refractivity (Wildman–Crippen MR) is 127 cm³/mol. The molecule has 0 atom stereocenters. The normalized spacial score (nSPS) is 10.9. The molecule has 2 aromatic heterocycles. The average molecular weight is 470 g/mol. The molecule has 0 aliphatic heterocycles. The van der Waals surface area contributed by atoms with Gasteiger partial charge in [-0.2, -0.15) is 0 Å². The second-order valence-corrected chi connectivity index (χ2v) is 7.87. The zero-order chi connectivity index (χ0) is 24.4. The quantitative estimate of drug-likeness (QED) is 0.345. The molecule has 0 saturated heterocycles. The molecule has 0 bridgehead atoms. The molecule has 8 heteroatoms. The number of oxazole rings is 1. The SMILES string of the molecule is Cc1nccn1-c1ccc(CNC(=O)c2ccccc2-c2ncc(-c3ccccc3F)o2)cc1F. The molecule has 0 saturated carbocycles. The third kappa shape index (κ3) is 4.46. The van der Waals surface area contributed by atoms with Gasteiger partial charge in [0.2, 0.25) is 5.89 Å². The molecule has 0 radical (unpaired) electrons. The number of hydrogen-bond donors (Lipinski definition) is 1. The second-order valence-electron chi connectivity index (χ2n) is 7.87. The van der Waals surface area contributed by atoms with Crippen LogP contribution < -0.4 is 5.32 Å². The molecule has 2 heterocycles. The summed E-state index contributed by atoms with van der Waals surface area (Å²) in [7, 11) is 0. The van der Waals surface area contributed by atoms with Crippen LogP contribution in [0, 0.1) is 18.6 Å². The van der Waals surface area contributed by atoms with Crippen molar-refractivity contribution >= 4 is 5.91 Å². The largest absolute Gasteiger partial charge is 0.436 e. The molecule has 35 heavy (non-hydrogen) atoms. The lowest BCUT2D eigenvalue weighted by molar-refractivity contribution is 0.0951. The first-order valence-corrected chi connectivity index (χ1v) is 10.9. The number of hydrogen-bond acceptors (Lipinski definition) is 4. The summed E-state index contributed by atoms with van der Waals surface area (Å²) in [6, 6.07) is 17.8. The lowest BCUT2D eigenvalue weighted by Gasteiger charge is -2.11. The van der Waals surface area contributed by atoms with Crippen molar-refractivity contribution in [3.8, 4) is 28.5 Å². The molecule has 0 spiro atoms. The first kappa shape index (κ1) is 22.2. The Balaban J connectivity index is 1.34. The fraction of sp³-hybridized carbons (Fsp3) is 0.0741. The third-order valence-electron chi connectivity index (χ3n) is 5.60. The Morgan fingerprint density at radius 3 is 2.49 bits per heavy atom. The number of nitrogens with zero attached hydrogens (tertiary/aromatic N) is 3. The summed E-state index contributed by atoms with van der Waals surface area (Å²) < 4.78 is 36.2. The second kappa shape index (κ2) is 9.34. The molecule has 174 valence electrons. The molecule has 1 N–H and O–H groups in total. The van der Waals surface area contributed by atoms with Crippen LogP contribution in [0.3, 0.4) is 0 Å². The van der Waals surface area contributed by atoms with Crippen molar-refractivity contribution in [2.75, 3.05) is 0 Å². The Morgan fingerprint density at radius 2 is 1.74 bits per heavy atom. The monoisotopic (exact) mass is 470 g/mol. The van der Waals surface area contributed by atoms with Gasteiger partial charge in [0.15, 0.2) is 5.76 Å². The van der Waals surface area contributed by atoms with Gasteiger partial charge < -0.3 is 14.3 Å². The minimum Gasteiger partial charge on any atom is -0.436 e. The first-order valence-electron chi connectivity index (χ1n) is 10.9. The smallest absolute Gasteiger partial charge is 0.252 e. The van der Waals surface area contributed by atoms with Crippen molar-refractivity contribution in [1.82, 2.24) is 19.9 Å². The molecule has 5 aromatic rings. The molecular weight excluding hydrogens is 450 g/mol. The van der Waals surface area contributed by atoms with Crippen LogP contribution in [0.15, 0.2) is 89.7 Å². The summed E-state index contributed by atoms with van der Waals surface area (Å²) >= 11 is 0. The fourth-order valence-corrected chi connectivity index (χ4v) is 3.82. The molecule has 6 nitrogen and oxygen atoms in total. The zero-order valence-electron chi connectivity index (χ0n) is 18.7. The average Bonchev–Trinajstić information content (AvgIpc) is 3.52. The van der Waals surface area contributed by atoms with Crippen molar-refractivity contribution in [3.63, 3.8) is 0 Å². The highest BCUT2D eigenvalue weighted by molar-refractivity contribution is 6.00. The van der Waals surface area contributed by atoms with Crippen molar-refractivity contribution in [3.05, 3.63) is 114 Å². The van der Waals surface area contributed by atoms with Gasteiger partial charge in [-0.1, -0.05) is 30.3 Å². The van der Waals surface area contributed by atoms with Gasteiger partial charge in [0, 0.05) is 24.5 Å². The molecule has 0 unspecified atom stereocenters. The summed E-state index contributed by atoms with van der Waals surface area (Å²) in [5.74, 6) is -0.0917. The lowest BCUT2D eigenvalue weighted by atomic mass is 10.1. The summed E-state index contributed by atoms with van der Waals surface area (Å²) in [5, 5.41) is 2.81. The van der Waals surface area contributed by atoms with E-state index in [1.807, 2.05) is 0 Å². The fourth-order valence-electron chi connectivity index (χ4n) is 3.82. The van der Waals surface area contributed by atoms with Gasteiger partial charge in [0.25, 0.3) is 5.91 Å². The number of amides is 1. The molecule has 0 fully saturated rings. The van der Waals surface area contributed by atoms with Crippen LogP contribution in [0.5, 0.6) is 0 Å². The van der Waals surface area contributed by atoms with Crippen LogP contribution in [-0.2, 0) is 6.54 Å². The number of carbonyl (C=O) groups is 1. The Labute approximate surface area is 199 Å². The topological polar surface area (TPSA) is 73.0 Å². The number of benzene rings is 3. The maximum Gasteiger partial charge on any atom is 0.252 e. The van der Waals surface area contributed by atoms with Gasteiger partial charge in [-0.15, -0.1) is 0 Å². The van der Waals surface area contributed by atoms with E-state index in [0.717, 1.165) is 0 Å². The van der Waals surface area contributed by atoms with Crippen LogP contribution in [0.25, 0.3) is 28.5 Å². The van der Waals surface area contributed by atoms with Crippen molar-refractivity contribution in [2.45, 2.75) is 13.5 Å². The highest BCUT2D eigenvalue weighted by Gasteiger charge is 2.18. The van der Waals surface area contributed by atoms with E-state index in [2.05, 4.69) is 15.3 Å². The van der Waals surface area contributed by atoms with Crippen LogP contribution in [0.4, 0.5) is 8.78 Å². The maximum atomic E-state index is 14.7. The Kier molecular flexibility index (Phi) is 5.93. The van der Waals surface area contributed by atoms with E-state index in [9.17, 15) is 13.6 Å². The molecule has 0 aliphatic rings. The number of carbonyl (C=O) groups excluding carboxylic acids is 1. The van der Waals surface area contributed by atoms with Gasteiger partial charge in [-0.05, 0) is 48.9 Å². The Morgan fingerprint density at radius 1 is 0.971 bits per heavy atom. The van der Waals surface area contributed by atoms with Gasteiger partial charge in [0.05, 0.1) is 23.0 Å². The lowest BCUT2D eigenvalue weighted by Crippen LogP contribution is -2.23. The van der Waals surface area contributed by atoms with E-state index in [-0.39, 0.29) is 29.7 Å². The number of rotatable bonds is 6. The summed E-state index contributed by atoms with van der Waals surface area (Å²) in [6.07, 6.45) is 4.72. The van der Waals surface area contributed by atoms with Crippen LogP contribution in [0.1, 0.15) is 21.7 Å². The van der Waals surface area contributed by atoms with E-state index in [1.165, 1.54) is 18.3 Å². The van der Waals surface area contributed by atoms with E-state index in [1.54, 1.807) is 78.5 Å². The first-order chi connectivity index (χ1) is 17.0. The summed E-state index contributed by atoms with van der Waals surface area (Å²) in [4.78, 5) is 21.3. The standard InChI is InChI=1S/C27H20F2N4O2/c1-17-30-12-13-33(17)24-11-10-18(14-23(24)29)15-31-26(34)19-6-2-3-7-20(19)27-32-16-25(35-27)21-8-4-5-9-22(21)28/h2-14,16H,15H2,1H3,(H,31,34). The van der Waals surface area contributed by atoms with Gasteiger partial charge in [0.1, 0.15) is 17.5 Å². The van der Waals surface area contributed by atoms with E-state index in [0.29, 0.717) is 28.2 Å². The molecule has 3 aromatic carbocycles. The van der Waals surface area contributed by atoms with Crippen LogP contribution in [0.2, 0.25) is 0 Å².